The van der Waals surface area contributed by atoms with E-state index < -0.39 is 15.3 Å². The van der Waals surface area contributed by atoms with E-state index in [1.807, 2.05) is 6.92 Å². The molecule has 0 aliphatic rings. The summed E-state index contributed by atoms with van der Waals surface area (Å²) in [5.41, 5.74) is 4.82. The van der Waals surface area contributed by atoms with Crippen LogP contribution in [0.5, 0.6) is 0 Å². The van der Waals surface area contributed by atoms with E-state index in [1.165, 1.54) is 12.1 Å². The number of rotatable bonds is 2. The Balaban J connectivity index is 3.19. The molecule has 1 rings (SSSR count). The molecule has 0 saturated heterocycles. The maximum atomic E-state index is 11.6. The van der Waals surface area contributed by atoms with E-state index in [2.05, 4.69) is 4.85 Å². The fourth-order valence-electron chi connectivity index (χ4n) is 0.947. The zero-order valence-corrected chi connectivity index (χ0v) is 8.53. The van der Waals surface area contributed by atoms with Gasteiger partial charge in [0, 0.05) is 0 Å². The molecule has 0 fully saturated rings. The SMILES string of the molecule is C#[N+]C(N)S(=O)(=O)c1ccc(C)cc1. The van der Waals surface area contributed by atoms with Crippen LogP contribution in [-0.2, 0) is 9.84 Å². The van der Waals surface area contributed by atoms with Crippen LogP contribution in [0.3, 0.4) is 0 Å². The summed E-state index contributed by atoms with van der Waals surface area (Å²) in [5, 5.41) is 0. The molecule has 4 nitrogen and oxygen atoms in total. The lowest BCUT2D eigenvalue weighted by molar-refractivity contribution is 0.589. The minimum Gasteiger partial charge on any atom is -0.243 e. The normalized spacial score (nSPS) is 13.2. The lowest BCUT2D eigenvalue weighted by atomic mass is 10.2. The molecule has 0 amide bonds. The lowest BCUT2D eigenvalue weighted by Gasteiger charge is -2.00. The van der Waals surface area contributed by atoms with E-state index in [1.54, 1.807) is 12.1 Å². The minimum atomic E-state index is -3.62. The van der Waals surface area contributed by atoms with Crippen LogP contribution < -0.4 is 5.73 Å². The molecule has 0 aromatic heterocycles. The summed E-state index contributed by atoms with van der Waals surface area (Å²) in [6, 6.07) is 6.34. The zero-order valence-electron chi connectivity index (χ0n) is 7.71. The summed E-state index contributed by atoms with van der Waals surface area (Å²) in [7, 11) is -3.62. The Morgan fingerprint density at radius 2 is 1.86 bits per heavy atom. The molecule has 0 aliphatic carbocycles. The molecule has 2 N–H and O–H groups in total. The fourth-order valence-corrected chi connectivity index (χ4v) is 1.90. The Kier molecular flexibility index (Phi) is 2.89. The quantitative estimate of drug-likeness (QED) is 0.792. The largest absolute Gasteiger partial charge is 0.426 e. The van der Waals surface area contributed by atoms with Crippen molar-refractivity contribution in [3.63, 3.8) is 0 Å². The Labute approximate surface area is 83.1 Å². The molecule has 1 aromatic carbocycles. The third kappa shape index (κ3) is 1.92. The van der Waals surface area contributed by atoms with Gasteiger partial charge in [-0.15, -0.1) is 0 Å². The number of nitrogens with zero attached hydrogens (tertiary/aromatic N) is 1. The first-order chi connectivity index (χ1) is 6.48. The maximum Gasteiger partial charge on any atom is 0.426 e. The van der Waals surface area contributed by atoms with Gasteiger partial charge in [-0.25, -0.2) is 14.2 Å². The first-order valence-corrected chi connectivity index (χ1v) is 5.49. The highest BCUT2D eigenvalue weighted by molar-refractivity contribution is 7.92. The number of benzene rings is 1. The summed E-state index contributed by atoms with van der Waals surface area (Å²) in [5.74, 6) is 0. The van der Waals surface area contributed by atoms with Crippen molar-refractivity contribution in [1.29, 1.82) is 0 Å². The van der Waals surface area contributed by atoms with Gasteiger partial charge in [-0.3, -0.25) is 0 Å². The molecule has 1 aromatic rings. The molecule has 1 unspecified atom stereocenters. The Morgan fingerprint density at radius 1 is 1.36 bits per heavy atom. The van der Waals surface area contributed by atoms with Crippen LogP contribution in [0.15, 0.2) is 29.2 Å². The molecule has 0 bridgehead atoms. The molecule has 0 heterocycles. The molecule has 0 radical (unpaired) electrons. The first kappa shape index (κ1) is 10.7. The molecule has 0 aliphatic heterocycles. The van der Waals surface area contributed by atoms with E-state index in [0.717, 1.165) is 5.56 Å². The van der Waals surface area contributed by atoms with Crippen molar-refractivity contribution in [2.75, 3.05) is 0 Å². The van der Waals surface area contributed by atoms with E-state index in [0.29, 0.717) is 0 Å². The van der Waals surface area contributed by atoms with Gasteiger partial charge in [0.15, 0.2) is 0 Å². The van der Waals surface area contributed by atoms with Gasteiger partial charge in [0.1, 0.15) is 0 Å². The number of hydrogen-bond acceptors (Lipinski definition) is 3. The highest BCUT2D eigenvalue weighted by Crippen LogP contribution is 2.14. The van der Waals surface area contributed by atoms with Crippen molar-refractivity contribution in [2.24, 2.45) is 5.73 Å². The zero-order chi connectivity index (χ0) is 10.8. The van der Waals surface area contributed by atoms with Crippen molar-refractivity contribution in [3.05, 3.63) is 34.7 Å². The predicted octanol–water partition coefficient (Wildman–Crippen LogP) is 0.974. The molecule has 0 saturated carbocycles. The summed E-state index contributed by atoms with van der Waals surface area (Å²) in [4.78, 5) is 3.18. The third-order valence-electron chi connectivity index (χ3n) is 1.81. The van der Waals surface area contributed by atoms with E-state index in [4.69, 9.17) is 12.3 Å². The number of hydrogen-bond donors (Lipinski definition) is 1. The standard InChI is InChI=1S/C9H11N2O2S/c1-7-3-5-8(6-4-7)14(12,13)9(10)11-2/h2-6,9H,10H2,1H3/q+1. The highest BCUT2D eigenvalue weighted by Gasteiger charge is 2.31. The fraction of sp³-hybridized carbons (Fsp3) is 0.222. The monoisotopic (exact) mass is 211 g/mol. The molecule has 1 atom stereocenters. The van der Waals surface area contributed by atoms with Gasteiger partial charge in [0.05, 0.1) is 4.90 Å². The van der Waals surface area contributed by atoms with Crippen LogP contribution in [0.4, 0.5) is 0 Å². The summed E-state index contributed by atoms with van der Waals surface area (Å²) >= 11 is 0. The highest BCUT2D eigenvalue weighted by atomic mass is 32.2. The maximum absolute atomic E-state index is 11.6. The Hall–Kier alpha value is -1.38. The summed E-state index contributed by atoms with van der Waals surface area (Å²) in [6.07, 6.45) is 0. The van der Waals surface area contributed by atoms with Gasteiger partial charge in [0.25, 0.3) is 16.4 Å². The minimum absolute atomic E-state index is 0.129. The molecule has 74 valence electrons. The average Bonchev–Trinajstić information content (AvgIpc) is 2.17. The van der Waals surface area contributed by atoms with Crippen LogP contribution in [0.25, 0.3) is 4.85 Å². The van der Waals surface area contributed by atoms with Crippen molar-refractivity contribution in [1.82, 2.24) is 0 Å². The molecule has 14 heavy (non-hydrogen) atoms. The van der Waals surface area contributed by atoms with Crippen LogP contribution in [0.2, 0.25) is 0 Å². The van der Waals surface area contributed by atoms with Gasteiger partial charge in [-0.2, -0.15) is 0 Å². The third-order valence-corrected chi connectivity index (χ3v) is 3.50. The molecular formula is C9H11N2O2S+. The number of aryl methyl sites for hydroxylation is 1. The number of nitrogens with two attached hydrogens (primary N) is 1. The van der Waals surface area contributed by atoms with Gasteiger partial charge in [-0.05, 0) is 23.9 Å². The van der Waals surface area contributed by atoms with Gasteiger partial charge in [0.2, 0.25) is 0 Å². The van der Waals surface area contributed by atoms with Crippen molar-refractivity contribution < 1.29 is 8.42 Å². The first-order valence-electron chi connectivity index (χ1n) is 3.94. The Bertz CT molecular complexity index is 457. The van der Waals surface area contributed by atoms with E-state index >= 15 is 0 Å². The molecule has 0 spiro atoms. The van der Waals surface area contributed by atoms with Crippen molar-refractivity contribution >= 4 is 9.84 Å². The second kappa shape index (κ2) is 3.78. The van der Waals surface area contributed by atoms with Crippen LogP contribution in [0, 0.1) is 13.5 Å². The second-order valence-electron chi connectivity index (χ2n) is 2.90. The smallest absolute Gasteiger partial charge is 0.243 e. The van der Waals surface area contributed by atoms with Crippen LogP contribution >= 0.6 is 0 Å². The summed E-state index contributed by atoms with van der Waals surface area (Å²) < 4.78 is 23.2. The van der Waals surface area contributed by atoms with Gasteiger partial charge in [-0.1, -0.05) is 17.7 Å². The van der Waals surface area contributed by atoms with Crippen molar-refractivity contribution in [3.8, 4) is 6.57 Å². The average molecular weight is 211 g/mol. The van der Waals surface area contributed by atoms with E-state index in [-0.39, 0.29) is 4.90 Å². The molecule has 5 heteroatoms. The second-order valence-corrected chi connectivity index (χ2v) is 4.94. The summed E-state index contributed by atoms with van der Waals surface area (Å²) in [6.45, 7) is 6.71. The van der Waals surface area contributed by atoms with Crippen LogP contribution in [0.1, 0.15) is 5.56 Å². The number of sulfone groups is 1. The van der Waals surface area contributed by atoms with Crippen LogP contribution in [-0.4, -0.2) is 13.9 Å². The van der Waals surface area contributed by atoms with Gasteiger partial charge >= 0.3 is 5.50 Å². The lowest BCUT2D eigenvalue weighted by Crippen LogP contribution is -2.26. The Morgan fingerprint density at radius 3 is 2.29 bits per heavy atom. The van der Waals surface area contributed by atoms with E-state index in [9.17, 15) is 8.42 Å². The van der Waals surface area contributed by atoms with Crippen molar-refractivity contribution in [2.45, 2.75) is 17.3 Å². The topological polar surface area (TPSA) is 64.5 Å². The van der Waals surface area contributed by atoms with Gasteiger partial charge < -0.3 is 0 Å². The predicted molar refractivity (Wildman–Crippen MR) is 54.6 cm³/mol. The molecular weight excluding hydrogens is 200 g/mol.